The molecule has 0 unspecified atom stereocenters. The number of anilines is 1. The second-order valence-corrected chi connectivity index (χ2v) is 4.61. The van der Waals surface area contributed by atoms with Gasteiger partial charge in [-0.15, -0.1) is 0 Å². The number of benzene rings is 1. The fourth-order valence-electron chi connectivity index (χ4n) is 2.02. The lowest BCUT2D eigenvalue weighted by molar-refractivity contribution is 0.0947. The van der Waals surface area contributed by atoms with Gasteiger partial charge in [-0.2, -0.15) is 0 Å². The number of carbonyl (C=O) groups is 1. The summed E-state index contributed by atoms with van der Waals surface area (Å²) in [5.41, 5.74) is 8.37. The number of nitrogens with two attached hydrogens (primary N) is 1. The number of amides is 1. The molecule has 2 rings (SSSR count). The number of nitrogen functional groups attached to an aromatic ring is 1. The van der Waals surface area contributed by atoms with Gasteiger partial charge in [-0.25, -0.2) is 0 Å². The van der Waals surface area contributed by atoms with Crippen LogP contribution in [-0.4, -0.2) is 17.5 Å². The van der Waals surface area contributed by atoms with Gasteiger partial charge in [0.1, 0.15) is 11.3 Å². The zero-order valence-corrected chi connectivity index (χ0v) is 12.2. The summed E-state index contributed by atoms with van der Waals surface area (Å²) < 4.78 is 5.45. The Balaban J connectivity index is 2.13. The first-order valence-corrected chi connectivity index (χ1v) is 6.84. The first-order chi connectivity index (χ1) is 10.1. The predicted octanol–water partition coefficient (Wildman–Crippen LogP) is 2.30. The van der Waals surface area contributed by atoms with E-state index in [9.17, 15) is 4.79 Å². The minimum absolute atomic E-state index is 0.264. The minimum atomic E-state index is -0.264. The molecule has 0 bridgehead atoms. The molecule has 1 amide bonds. The van der Waals surface area contributed by atoms with Crippen LogP contribution in [0.25, 0.3) is 0 Å². The molecule has 21 heavy (non-hydrogen) atoms. The van der Waals surface area contributed by atoms with E-state index in [1.807, 2.05) is 32.0 Å². The molecule has 0 aliphatic rings. The molecule has 5 heteroatoms. The molecule has 0 radical (unpaired) electrons. The van der Waals surface area contributed by atoms with E-state index < -0.39 is 0 Å². The lowest BCUT2D eigenvalue weighted by Gasteiger charge is -2.12. The Hall–Kier alpha value is -2.56. The SMILES string of the molecule is CCOc1cccc(N)c1C(=O)NCc1cccc(C)n1. The van der Waals surface area contributed by atoms with Crippen molar-refractivity contribution in [1.29, 1.82) is 0 Å². The number of carbonyl (C=O) groups excluding carboxylic acids is 1. The fraction of sp³-hybridized carbons (Fsp3) is 0.250. The van der Waals surface area contributed by atoms with Crippen LogP contribution in [0, 0.1) is 6.92 Å². The largest absolute Gasteiger partial charge is 0.493 e. The minimum Gasteiger partial charge on any atom is -0.493 e. The van der Waals surface area contributed by atoms with Crippen LogP contribution in [0.2, 0.25) is 0 Å². The number of hydrogen-bond acceptors (Lipinski definition) is 4. The molecule has 0 aliphatic carbocycles. The van der Waals surface area contributed by atoms with Crippen LogP contribution in [0.1, 0.15) is 28.7 Å². The molecule has 1 aromatic carbocycles. The lowest BCUT2D eigenvalue weighted by atomic mass is 10.1. The summed E-state index contributed by atoms with van der Waals surface area (Å²) in [6, 6.07) is 10.9. The van der Waals surface area contributed by atoms with Crippen molar-refractivity contribution in [2.45, 2.75) is 20.4 Å². The normalized spacial score (nSPS) is 10.2. The number of rotatable bonds is 5. The zero-order valence-electron chi connectivity index (χ0n) is 12.2. The van der Waals surface area contributed by atoms with E-state index >= 15 is 0 Å². The number of aryl methyl sites for hydroxylation is 1. The third-order valence-electron chi connectivity index (χ3n) is 2.96. The molecule has 0 aliphatic heterocycles. The summed E-state index contributed by atoms with van der Waals surface area (Å²) in [6.07, 6.45) is 0. The first-order valence-electron chi connectivity index (χ1n) is 6.84. The number of nitrogens with one attached hydrogen (secondary N) is 1. The van der Waals surface area contributed by atoms with E-state index in [4.69, 9.17) is 10.5 Å². The van der Waals surface area contributed by atoms with Gasteiger partial charge in [0, 0.05) is 11.4 Å². The Bertz CT molecular complexity index is 641. The maximum absolute atomic E-state index is 12.3. The van der Waals surface area contributed by atoms with Gasteiger partial charge < -0.3 is 15.8 Å². The van der Waals surface area contributed by atoms with Crippen LogP contribution in [-0.2, 0) is 6.54 Å². The van der Waals surface area contributed by atoms with E-state index in [1.165, 1.54) is 0 Å². The molecular formula is C16H19N3O2. The Labute approximate surface area is 124 Å². The van der Waals surface area contributed by atoms with E-state index in [2.05, 4.69) is 10.3 Å². The second-order valence-electron chi connectivity index (χ2n) is 4.61. The molecule has 0 fully saturated rings. The molecule has 1 heterocycles. The highest BCUT2D eigenvalue weighted by Crippen LogP contribution is 2.24. The average Bonchev–Trinajstić information content (AvgIpc) is 2.45. The molecule has 2 aromatic rings. The maximum Gasteiger partial charge on any atom is 0.257 e. The quantitative estimate of drug-likeness (QED) is 0.826. The van der Waals surface area contributed by atoms with Gasteiger partial charge in [0.05, 0.1) is 18.8 Å². The molecule has 0 spiro atoms. The Morgan fingerprint density at radius 1 is 1.29 bits per heavy atom. The molecule has 0 atom stereocenters. The van der Waals surface area contributed by atoms with Gasteiger partial charge in [0.15, 0.2) is 0 Å². The van der Waals surface area contributed by atoms with Gasteiger partial charge >= 0.3 is 0 Å². The van der Waals surface area contributed by atoms with Crippen LogP contribution < -0.4 is 15.8 Å². The Kier molecular flexibility index (Phi) is 4.77. The lowest BCUT2D eigenvalue weighted by Crippen LogP contribution is -2.25. The fourth-order valence-corrected chi connectivity index (χ4v) is 2.02. The summed E-state index contributed by atoms with van der Waals surface area (Å²) in [6.45, 7) is 4.60. The number of ether oxygens (including phenoxy) is 1. The van der Waals surface area contributed by atoms with Crippen molar-refractivity contribution in [2.75, 3.05) is 12.3 Å². The van der Waals surface area contributed by atoms with Gasteiger partial charge in [0.2, 0.25) is 0 Å². The highest BCUT2D eigenvalue weighted by molar-refractivity contribution is 6.01. The highest BCUT2D eigenvalue weighted by atomic mass is 16.5. The van der Waals surface area contributed by atoms with E-state index in [0.717, 1.165) is 11.4 Å². The second kappa shape index (κ2) is 6.74. The smallest absolute Gasteiger partial charge is 0.257 e. The molecule has 3 N–H and O–H groups in total. The van der Waals surface area contributed by atoms with Gasteiger partial charge in [-0.05, 0) is 38.1 Å². The van der Waals surface area contributed by atoms with Crippen molar-refractivity contribution in [3.8, 4) is 5.75 Å². The van der Waals surface area contributed by atoms with Crippen molar-refractivity contribution in [1.82, 2.24) is 10.3 Å². The van der Waals surface area contributed by atoms with Crippen molar-refractivity contribution in [2.24, 2.45) is 0 Å². The third kappa shape index (κ3) is 3.72. The molecule has 0 saturated heterocycles. The monoisotopic (exact) mass is 285 g/mol. The molecular weight excluding hydrogens is 266 g/mol. The van der Waals surface area contributed by atoms with E-state index in [0.29, 0.717) is 30.2 Å². The number of pyridine rings is 1. The van der Waals surface area contributed by atoms with Crippen LogP contribution in [0.15, 0.2) is 36.4 Å². The van der Waals surface area contributed by atoms with Gasteiger partial charge in [-0.3, -0.25) is 9.78 Å². The van der Waals surface area contributed by atoms with E-state index in [-0.39, 0.29) is 5.91 Å². The molecule has 0 saturated carbocycles. The Morgan fingerprint density at radius 3 is 2.76 bits per heavy atom. The summed E-state index contributed by atoms with van der Waals surface area (Å²) in [5.74, 6) is 0.229. The predicted molar refractivity (Wildman–Crippen MR) is 82.2 cm³/mol. The zero-order chi connectivity index (χ0) is 15.2. The maximum atomic E-state index is 12.3. The molecule has 1 aromatic heterocycles. The van der Waals surface area contributed by atoms with Crippen molar-refractivity contribution in [3.63, 3.8) is 0 Å². The topological polar surface area (TPSA) is 77.2 Å². The number of aromatic nitrogens is 1. The van der Waals surface area contributed by atoms with Crippen molar-refractivity contribution < 1.29 is 9.53 Å². The molecule has 5 nitrogen and oxygen atoms in total. The van der Waals surface area contributed by atoms with Crippen LogP contribution >= 0.6 is 0 Å². The summed E-state index contributed by atoms with van der Waals surface area (Å²) >= 11 is 0. The highest BCUT2D eigenvalue weighted by Gasteiger charge is 2.15. The van der Waals surface area contributed by atoms with Crippen molar-refractivity contribution >= 4 is 11.6 Å². The summed E-state index contributed by atoms with van der Waals surface area (Å²) in [5, 5.41) is 2.82. The van der Waals surface area contributed by atoms with Crippen LogP contribution in [0.5, 0.6) is 5.75 Å². The van der Waals surface area contributed by atoms with E-state index in [1.54, 1.807) is 18.2 Å². The summed E-state index contributed by atoms with van der Waals surface area (Å²) in [7, 11) is 0. The number of hydrogen-bond donors (Lipinski definition) is 2. The molecule has 110 valence electrons. The van der Waals surface area contributed by atoms with Gasteiger partial charge in [-0.1, -0.05) is 12.1 Å². The summed E-state index contributed by atoms with van der Waals surface area (Å²) in [4.78, 5) is 16.7. The Morgan fingerprint density at radius 2 is 2.05 bits per heavy atom. The average molecular weight is 285 g/mol. The van der Waals surface area contributed by atoms with Crippen LogP contribution in [0.3, 0.4) is 0 Å². The number of nitrogens with zero attached hydrogens (tertiary/aromatic N) is 1. The van der Waals surface area contributed by atoms with Gasteiger partial charge in [0.25, 0.3) is 5.91 Å². The first kappa shape index (κ1) is 14.8. The van der Waals surface area contributed by atoms with Crippen LogP contribution in [0.4, 0.5) is 5.69 Å². The van der Waals surface area contributed by atoms with Crippen molar-refractivity contribution in [3.05, 3.63) is 53.3 Å². The standard InChI is InChI=1S/C16H19N3O2/c1-3-21-14-9-5-8-13(17)15(14)16(20)18-10-12-7-4-6-11(2)19-12/h4-9H,3,10,17H2,1-2H3,(H,18,20). The third-order valence-corrected chi connectivity index (χ3v) is 2.96.